The van der Waals surface area contributed by atoms with Crippen LogP contribution >= 0.6 is 0 Å². The molecule has 0 atom stereocenters. The number of nitrogens with zero attached hydrogens (tertiary/aromatic N) is 1. The van der Waals surface area contributed by atoms with Crippen LogP contribution in [-0.4, -0.2) is 36.2 Å². The first-order valence-corrected chi connectivity index (χ1v) is 10.4. The molecule has 0 radical (unpaired) electrons. The molecule has 0 unspecified atom stereocenters. The van der Waals surface area contributed by atoms with E-state index in [1.54, 1.807) is 18.3 Å². The molecule has 0 saturated heterocycles. The molecule has 0 saturated carbocycles. The van der Waals surface area contributed by atoms with Gasteiger partial charge in [-0.25, -0.2) is 17.2 Å². The van der Waals surface area contributed by atoms with Crippen molar-refractivity contribution in [2.45, 2.75) is 31.0 Å². The monoisotopic (exact) mass is 440 g/mol. The van der Waals surface area contributed by atoms with Gasteiger partial charge in [-0.1, -0.05) is 29.8 Å². The lowest BCUT2D eigenvalue weighted by atomic mass is 10.1. The van der Waals surface area contributed by atoms with E-state index >= 15 is 0 Å². The highest BCUT2D eigenvalue weighted by Gasteiger charge is 2.38. The number of halogens is 3. The van der Waals surface area contributed by atoms with Gasteiger partial charge in [-0.15, -0.1) is 0 Å². The van der Waals surface area contributed by atoms with Crippen LogP contribution in [0, 0.1) is 6.92 Å². The second-order valence-electron chi connectivity index (χ2n) is 6.81. The Morgan fingerprint density at radius 2 is 1.73 bits per heavy atom. The van der Waals surface area contributed by atoms with Crippen LogP contribution in [0.4, 0.5) is 13.2 Å². The summed E-state index contributed by atoms with van der Waals surface area (Å²) >= 11 is 0. The molecule has 1 aromatic heterocycles. The molecular weight excluding hydrogens is 421 g/mol. The third-order valence-corrected chi connectivity index (χ3v) is 6.36. The van der Waals surface area contributed by atoms with Crippen LogP contribution in [-0.2, 0) is 27.8 Å². The van der Waals surface area contributed by atoms with Crippen molar-refractivity contribution in [2.75, 3.05) is 6.54 Å². The minimum absolute atomic E-state index is 0.326. The van der Waals surface area contributed by atoms with Gasteiger partial charge in [0.05, 0.1) is 10.4 Å². The minimum Gasteiger partial charge on any atom is -0.475 e. The van der Waals surface area contributed by atoms with Crippen LogP contribution in [0.1, 0.15) is 16.7 Å². The topological polar surface area (TPSA) is 88.4 Å². The van der Waals surface area contributed by atoms with Gasteiger partial charge < -0.3 is 10.4 Å². The zero-order chi connectivity index (χ0) is 22.1. The molecule has 3 aromatic rings. The standard InChI is InChI=1S/C18H18N2O2S.C2HF3O2/c1-13-5-7-16(8-6-13)23(21,22)20-12-15-9-10-19-11-14-3-2-4-17(20)18(14)15;3-2(4,5)1(6)7/h2-8,12,19H,9-11H2,1H3;(H,6,7). The predicted molar refractivity (Wildman–Crippen MR) is 105 cm³/mol. The Morgan fingerprint density at radius 3 is 2.33 bits per heavy atom. The van der Waals surface area contributed by atoms with E-state index < -0.39 is 22.2 Å². The van der Waals surface area contributed by atoms with Crippen molar-refractivity contribution in [1.29, 1.82) is 0 Å². The summed E-state index contributed by atoms with van der Waals surface area (Å²) in [6.07, 6.45) is -2.46. The summed E-state index contributed by atoms with van der Waals surface area (Å²) in [7, 11) is -3.58. The summed E-state index contributed by atoms with van der Waals surface area (Å²) in [5.74, 6) is -2.76. The van der Waals surface area contributed by atoms with Crippen molar-refractivity contribution >= 4 is 26.9 Å². The molecule has 1 aliphatic heterocycles. The maximum absolute atomic E-state index is 13.1. The number of carboxylic acid groups (broad SMARTS) is 1. The van der Waals surface area contributed by atoms with E-state index in [0.717, 1.165) is 47.1 Å². The van der Waals surface area contributed by atoms with Gasteiger partial charge in [-0.2, -0.15) is 13.2 Å². The molecule has 1 aliphatic rings. The van der Waals surface area contributed by atoms with Crippen LogP contribution in [0.15, 0.2) is 53.6 Å². The van der Waals surface area contributed by atoms with Gasteiger partial charge in [0.25, 0.3) is 10.0 Å². The first kappa shape index (κ1) is 21.8. The van der Waals surface area contributed by atoms with Crippen LogP contribution in [0.5, 0.6) is 0 Å². The zero-order valence-electron chi connectivity index (χ0n) is 15.9. The van der Waals surface area contributed by atoms with Crippen LogP contribution < -0.4 is 5.32 Å². The van der Waals surface area contributed by atoms with Gasteiger partial charge in [0, 0.05) is 18.1 Å². The zero-order valence-corrected chi connectivity index (χ0v) is 16.7. The second-order valence-corrected chi connectivity index (χ2v) is 8.62. The molecule has 6 nitrogen and oxygen atoms in total. The minimum atomic E-state index is -5.08. The molecule has 10 heteroatoms. The van der Waals surface area contributed by atoms with Gasteiger partial charge in [0.2, 0.25) is 0 Å². The van der Waals surface area contributed by atoms with E-state index in [1.165, 1.54) is 3.97 Å². The molecule has 0 fully saturated rings. The summed E-state index contributed by atoms with van der Waals surface area (Å²) in [6, 6.07) is 12.9. The molecule has 30 heavy (non-hydrogen) atoms. The number of aromatic nitrogens is 1. The number of alkyl halides is 3. The third-order valence-electron chi connectivity index (χ3n) is 4.67. The Bertz CT molecular complexity index is 1180. The van der Waals surface area contributed by atoms with E-state index in [2.05, 4.69) is 11.4 Å². The lowest BCUT2D eigenvalue weighted by Gasteiger charge is -2.09. The summed E-state index contributed by atoms with van der Waals surface area (Å²) in [5, 5.41) is 11.6. The summed E-state index contributed by atoms with van der Waals surface area (Å²) < 4.78 is 59.3. The van der Waals surface area contributed by atoms with Crippen LogP contribution in [0.25, 0.3) is 10.9 Å². The van der Waals surface area contributed by atoms with Crippen molar-refractivity contribution in [3.05, 3.63) is 65.4 Å². The average Bonchev–Trinajstić information content (AvgIpc) is 2.92. The number of hydrogen-bond acceptors (Lipinski definition) is 4. The first-order chi connectivity index (χ1) is 14.0. The summed E-state index contributed by atoms with van der Waals surface area (Å²) in [5.41, 5.74) is 4.07. The number of carboxylic acids is 1. The molecule has 160 valence electrons. The average molecular weight is 440 g/mol. The molecule has 2 aromatic carbocycles. The molecule has 2 N–H and O–H groups in total. The Hall–Kier alpha value is -2.85. The second kappa shape index (κ2) is 8.11. The van der Waals surface area contributed by atoms with E-state index in [-0.39, 0.29) is 0 Å². The maximum Gasteiger partial charge on any atom is 0.490 e. The van der Waals surface area contributed by atoms with Crippen molar-refractivity contribution in [3.8, 4) is 0 Å². The first-order valence-electron chi connectivity index (χ1n) is 8.96. The van der Waals surface area contributed by atoms with Gasteiger partial charge in [-0.3, -0.25) is 0 Å². The molecular formula is C20H19F3N2O4S. The highest BCUT2D eigenvalue weighted by atomic mass is 32.2. The number of aryl methyl sites for hydroxylation is 1. The Labute approximate surface area is 171 Å². The molecule has 0 amide bonds. The fourth-order valence-corrected chi connectivity index (χ4v) is 4.61. The largest absolute Gasteiger partial charge is 0.490 e. The molecule has 0 aliphatic carbocycles. The Kier molecular flexibility index (Phi) is 5.91. The van der Waals surface area contributed by atoms with Gasteiger partial charge in [0.1, 0.15) is 0 Å². The maximum atomic E-state index is 13.1. The number of rotatable bonds is 2. The molecule has 2 heterocycles. The Balaban J connectivity index is 0.000000318. The summed E-state index contributed by atoms with van der Waals surface area (Å²) in [6.45, 7) is 3.59. The van der Waals surface area contributed by atoms with E-state index in [9.17, 15) is 21.6 Å². The van der Waals surface area contributed by atoms with Crippen molar-refractivity contribution in [2.24, 2.45) is 0 Å². The lowest BCUT2D eigenvalue weighted by molar-refractivity contribution is -0.192. The lowest BCUT2D eigenvalue weighted by Crippen LogP contribution is -2.21. The van der Waals surface area contributed by atoms with Crippen LogP contribution in [0.3, 0.4) is 0 Å². The number of carbonyl (C=O) groups is 1. The van der Waals surface area contributed by atoms with Gasteiger partial charge in [-0.05, 0) is 49.2 Å². The molecule has 0 bridgehead atoms. The predicted octanol–water partition coefficient (Wildman–Crippen LogP) is 3.47. The fraction of sp³-hybridized carbons (Fsp3) is 0.250. The van der Waals surface area contributed by atoms with Crippen molar-refractivity contribution in [3.63, 3.8) is 0 Å². The van der Waals surface area contributed by atoms with Crippen molar-refractivity contribution < 1.29 is 31.5 Å². The third kappa shape index (κ3) is 4.34. The number of benzene rings is 2. The highest BCUT2D eigenvalue weighted by Crippen LogP contribution is 2.30. The smallest absolute Gasteiger partial charge is 0.475 e. The van der Waals surface area contributed by atoms with E-state index in [4.69, 9.17) is 9.90 Å². The molecule has 0 spiro atoms. The molecule has 4 rings (SSSR count). The SMILES string of the molecule is Cc1ccc(S(=O)(=O)n2cc3c4c(cccc42)CNCC3)cc1.O=C(O)C(F)(F)F. The van der Waals surface area contributed by atoms with Crippen LogP contribution in [0.2, 0.25) is 0 Å². The Morgan fingerprint density at radius 1 is 1.10 bits per heavy atom. The number of nitrogens with one attached hydrogen (secondary N) is 1. The highest BCUT2D eigenvalue weighted by molar-refractivity contribution is 7.90. The summed E-state index contributed by atoms with van der Waals surface area (Å²) in [4.78, 5) is 9.22. The van der Waals surface area contributed by atoms with E-state index in [1.807, 2.05) is 31.2 Å². The van der Waals surface area contributed by atoms with E-state index in [0.29, 0.717) is 4.90 Å². The number of hydrogen-bond donors (Lipinski definition) is 2. The normalized spacial score (nSPS) is 14.0. The van der Waals surface area contributed by atoms with Crippen molar-refractivity contribution in [1.82, 2.24) is 9.29 Å². The number of aliphatic carboxylic acids is 1. The van der Waals surface area contributed by atoms with Gasteiger partial charge >= 0.3 is 12.1 Å². The fourth-order valence-electron chi connectivity index (χ4n) is 3.22. The van der Waals surface area contributed by atoms with Gasteiger partial charge in [0.15, 0.2) is 0 Å². The quantitative estimate of drug-likeness (QED) is 0.637.